The number of carbonyl (C=O) groups excluding carboxylic acids is 2. The van der Waals surface area contributed by atoms with Gasteiger partial charge in [0, 0.05) is 18.0 Å². The number of hydrogen-bond acceptors (Lipinski definition) is 3. The minimum Gasteiger partial charge on any atom is -0.467 e. The van der Waals surface area contributed by atoms with E-state index in [-0.39, 0.29) is 18.2 Å². The van der Waals surface area contributed by atoms with Gasteiger partial charge in [-0.3, -0.25) is 9.59 Å². The van der Waals surface area contributed by atoms with Crippen molar-refractivity contribution in [2.45, 2.75) is 13.0 Å². The first-order chi connectivity index (χ1) is 11.0. The number of likely N-dealkylation sites (tertiary alicyclic amines) is 1. The van der Waals surface area contributed by atoms with Crippen molar-refractivity contribution in [2.24, 2.45) is 5.92 Å². The van der Waals surface area contributed by atoms with E-state index in [4.69, 9.17) is 27.6 Å². The summed E-state index contributed by atoms with van der Waals surface area (Å²) in [6.45, 7) is 0.730. The van der Waals surface area contributed by atoms with Crippen molar-refractivity contribution in [1.29, 1.82) is 0 Å². The molecule has 1 aromatic heterocycles. The van der Waals surface area contributed by atoms with Crippen LogP contribution in [0.5, 0.6) is 0 Å². The maximum absolute atomic E-state index is 12.3. The summed E-state index contributed by atoms with van der Waals surface area (Å²) in [6, 6.07) is 8.41. The van der Waals surface area contributed by atoms with Crippen LogP contribution in [0.3, 0.4) is 0 Å². The Hall–Kier alpha value is -1.98. The van der Waals surface area contributed by atoms with Crippen LogP contribution in [0.1, 0.15) is 12.2 Å². The van der Waals surface area contributed by atoms with Gasteiger partial charge in [0.15, 0.2) is 0 Å². The van der Waals surface area contributed by atoms with E-state index < -0.39 is 5.92 Å². The summed E-state index contributed by atoms with van der Waals surface area (Å²) in [5.41, 5.74) is 0.484. The third-order valence-corrected chi connectivity index (χ3v) is 4.25. The molecule has 7 heteroatoms. The van der Waals surface area contributed by atoms with Gasteiger partial charge in [0.25, 0.3) is 0 Å². The fraction of sp³-hybridized carbons (Fsp3) is 0.250. The summed E-state index contributed by atoms with van der Waals surface area (Å²) in [5.74, 6) is -0.0161. The van der Waals surface area contributed by atoms with Gasteiger partial charge in [0.05, 0.1) is 29.4 Å². The fourth-order valence-corrected chi connectivity index (χ4v) is 2.97. The molecular weight excluding hydrogens is 339 g/mol. The first kappa shape index (κ1) is 15.9. The van der Waals surface area contributed by atoms with Crippen LogP contribution in [0, 0.1) is 5.92 Å². The van der Waals surface area contributed by atoms with Gasteiger partial charge in [-0.15, -0.1) is 0 Å². The number of amides is 2. The Kier molecular flexibility index (Phi) is 4.59. The molecule has 2 heterocycles. The second-order valence-corrected chi connectivity index (χ2v) is 6.21. The van der Waals surface area contributed by atoms with Crippen LogP contribution in [0.15, 0.2) is 41.0 Å². The van der Waals surface area contributed by atoms with Crippen molar-refractivity contribution in [1.82, 2.24) is 4.90 Å². The Morgan fingerprint density at radius 1 is 1.35 bits per heavy atom. The van der Waals surface area contributed by atoms with E-state index in [1.54, 1.807) is 41.5 Å². The molecule has 1 aliphatic heterocycles. The first-order valence-corrected chi connectivity index (χ1v) is 7.84. The highest BCUT2D eigenvalue weighted by Gasteiger charge is 2.34. The number of halogens is 2. The van der Waals surface area contributed by atoms with Gasteiger partial charge in [0.1, 0.15) is 5.76 Å². The molecule has 0 spiro atoms. The standard InChI is InChI=1S/C16H14Cl2N2O3/c17-11-3-4-14(13(18)7-11)19-16(22)10-6-15(21)20(8-10)9-12-2-1-5-23-12/h1-5,7,10H,6,8-9H2,(H,19,22). The molecular formula is C16H14Cl2N2O3. The minimum atomic E-state index is -0.413. The molecule has 3 rings (SSSR count). The lowest BCUT2D eigenvalue weighted by Gasteiger charge is -2.15. The van der Waals surface area contributed by atoms with Gasteiger partial charge in [-0.2, -0.15) is 0 Å². The van der Waals surface area contributed by atoms with Gasteiger partial charge >= 0.3 is 0 Å². The zero-order valence-corrected chi connectivity index (χ0v) is 13.6. The second-order valence-electron chi connectivity index (χ2n) is 5.37. The highest BCUT2D eigenvalue weighted by molar-refractivity contribution is 6.36. The van der Waals surface area contributed by atoms with Gasteiger partial charge in [-0.1, -0.05) is 23.2 Å². The summed E-state index contributed by atoms with van der Waals surface area (Å²) in [4.78, 5) is 26.0. The molecule has 0 saturated carbocycles. The lowest BCUT2D eigenvalue weighted by atomic mass is 10.1. The number of anilines is 1. The Morgan fingerprint density at radius 2 is 2.17 bits per heavy atom. The summed E-state index contributed by atoms with van der Waals surface area (Å²) >= 11 is 11.9. The zero-order chi connectivity index (χ0) is 16.4. The highest BCUT2D eigenvalue weighted by atomic mass is 35.5. The monoisotopic (exact) mass is 352 g/mol. The van der Waals surface area contributed by atoms with Crippen molar-refractivity contribution in [2.75, 3.05) is 11.9 Å². The molecule has 0 aliphatic carbocycles. The number of hydrogen-bond donors (Lipinski definition) is 1. The summed E-state index contributed by atoms with van der Waals surface area (Å²) < 4.78 is 5.24. The van der Waals surface area contributed by atoms with Crippen molar-refractivity contribution < 1.29 is 14.0 Å². The number of nitrogens with zero attached hydrogens (tertiary/aromatic N) is 1. The predicted octanol–water partition coefficient (Wildman–Crippen LogP) is 3.57. The minimum absolute atomic E-state index is 0.0660. The third kappa shape index (κ3) is 3.68. The Labute approximate surface area is 143 Å². The van der Waals surface area contributed by atoms with Crippen molar-refractivity contribution >= 4 is 40.7 Å². The van der Waals surface area contributed by atoms with E-state index in [0.29, 0.717) is 34.6 Å². The zero-order valence-electron chi connectivity index (χ0n) is 12.1. The molecule has 1 fully saturated rings. The number of carbonyl (C=O) groups is 2. The topological polar surface area (TPSA) is 62.6 Å². The molecule has 0 bridgehead atoms. The van der Waals surface area contributed by atoms with Crippen LogP contribution in [-0.2, 0) is 16.1 Å². The van der Waals surface area contributed by atoms with Crippen LogP contribution in [0.2, 0.25) is 10.0 Å². The van der Waals surface area contributed by atoms with Gasteiger partial charge in [-0.05, 0) is 30.3 Å². The second kappa shape index (κ2) is 6.64. The van der Waals surface area contributed by atoms with Gasteiger partial charge in [-0.25, -0.2) is 0 Å². The Balaban J connectivity index is 1.63. The first-order valence-electron chi connectivity index (χ1n) is 7.09. The quantitative estimate of drug-likeness (QED) is 0.914. The molecule has 1 aromatic carbocycles. The summed E-state index contributed by atoms with van der Waals surface area (Å²) in [6.07, 6.45) is 1.74. The molecule has 1 atom stereocenters. The van der Waals surface area contributed by atoms with Crippen molar-refractivity contribution in [3.05, 3.63) is 52.4 Å². The van der Waals surface area contributed by atoms with Crippen LogP contribution in [0.25, 0.3) is 0 Å². The highest BCUT2D eigenvalue weighted by Crippen LogP contribution is 2.27. The fourth-order valence-electron chi connectivity index (χ4n) is 2.52. The van der Waals surface area contributed by atoms with Crippen molar-refractivity contribution in [3.63, 3.8) is 0 Å². The summed E-state index contributed by atoms with van der Waals surface area (Å²) in [7, 11) is 0. The molecule has 120 valence electrons. The van der Waals surface area contributed by atoms with E-state index in [9.17, 15) is 9.59 Å². The molecule has 2 amide bonds. The number of benzene rings is 1. The lowest BCUT2D eigenvalue weighted by Crippen LogP contribution is -2.28. The summed E-state index contributed by atoms with van der Waals surface area (Å²) in [5, 5.41) is 3.61. The molecule has 23 heavy (non-hydrogen) atoms. The van der Waals surface area contributed by atoms with Crippen LogP contribution in [0.4, 0.5) is 5.69 Å². The van der Waals surface area contributed by atoms with Gasteiger partial charge in [0.2, 0.25) is 11.8 Å². The molecule has 1 unspecified atom stereocenters. The number of rotatable bonds is 4. The Morgan fingerprint density at radius 3 is 2.87 bits per heavy atom. The smallest absolute Gasteiger partial charge is 0.229 e. The van der Waals surface area contributed by atoms with E-state index in [1.807, 2.05) is 0 Å². The van der Waals surface area contributed by atoms with Crippen LogP contribution >= 0.6 is 23.2 Å². The molecule has 1 aliphatic rings. The predicted molar refractivity (Wildman–Crippen MR) is 87.3 cm³/mol. The van der Waals surface area contributed by atoms with Crippen LogP contribution in [-0.4, -0.2) is 23.3 Å². The van der Waals surface area contributed by atoms with Crippen LogP contribution < -0.4 is 5.32 Å². The number of nitrogens with one attached hydrogen (secondary N) is 1. The van der Waals surface area contributed by atoms with E-state index in [1.165, 1.54) is 0 Å². The average Bonchev–Trinajstić information content (AvgIpc) is 3.13. The van der Waals surface area contributed by atoms with E-state index in [2.05, 4.69) is 5.32 Å². The molecule has 1 saturated heterocycles. The van der Waals surface area contributed by atoms with E-state index >= 15 is 0 Å². The third-order valence-electron chi connectivity index (χ3n) is 3.70. The number of furan rings is 1. The lowest BCUT2D eigenvalue weighted by molar-refractivity contribution is -0.128. The maximum Gasteiger partial charge on any atom is 0.229 e. The van der Waals surface area contributed by atoms with E-state index in [0.717, 1.165) is 0 Å². The molecule has 1 N–H and O–H groups in total. The largest absolute Gasteiger partial charge is 0.467 e. The van der Waals surface area contributed by atoms with Gasteiger partial charge < -0.3 is 14.6 Å². The van der Waals surface area contributed by atoms with Crippen molar-refractivity contribution in [3.8, 4) is 0 Å². The molecule has 2 aromatic rings. The SMILES string of the molecule is O=C(Nc1ccc(Cl)cc1Cl)C1CC(=O)N(Cc2ccco2)C1. The molecule has 5 nitrogen and oxygen atoms in total. The molecule has 0 radical (unpaired) electrons. The maximum atomic E-state index is 12.3. The average molecular weight is 353 g/mol. The Bertz CT molecular complexity index is 731. The normalized spacial score (nSPS) is 17.6.